The fourth-order valence-corrected chi connectivity index (χ4v) is 7.25. The van der Waals surface area contributed by atoms with Gasteiger partial charge in [-0.05, 0) is 33.3 Å². The summed E-state index contributed by atoms with van der Waals surface area (Å²) in [5.74, 6) is 2.54. The Kier molecular flexibility index (Phi) is 5.07. The molecular formula is C24H27N3OS2. The predicted octanol–water partition coefficient (Wildman–Crippen LogP) is 5.39. The Morgan fingerprint density at radius 1 is 1.23 bits per heavy atom. The molecule has 1 aromatic carbocycles. The maximum Gasteiger partial charge on any atom is 0.134 e. The van der Waals surface area contributed by atoms with Crippen molar-refractivity contribution in [3.63, 3.8) is 0 Å². The second-order valence-electron chi connectivity index (χ2n) is 9.03. The number of rotatable bonds is 4. The summed E-state index contributed by atoms with van der Waals surface area (Å²) in [5, 5.41) is 2.23. The average Bonchev–Trinajstić information content (AvgIpc) is 3.46. The van der Waals surface area contributed by atoms with Gasteiger partial charge in [0.25, 0.3) is 0 Å². The van der Waals surface area contributed by atoms with Gasteiger partial charge in [-0.2, -0.15) is 0 Å². The zero-order chi connectivity index (χ0) is 20.9. The second kappa shape index (κ2) is 7.50. The molecule has 0 N–H and O–H groups in total. The van der Waals surface area contributed by atoms with Crippen LogP contribution in [0.4, 0.5) is 0 Å². The minimum absolute atomic E-state index is 0.196. The van der Waals surface area contributed by atoms with Gasteiger partial charge in [-0.1, -0.05) is 42.0 Å². The first-order valence-electron chi connectivity index (χ1n) is 10.5. The molecule has 1 fully saturated rings. The highest BCUT2D eigenvalue weighted by atomic mass is 32.2. The first kappa shape index (κ1) is 20.3. The number of thioether (sulfide) groups is 2. The molecule has 0 bridgehead atoms. The van der Waals surface area contributed by atoms with Crippen molar-refractivity contribution >= 4 is 29.2 Å². The molecule has 0 aliphatic carbocycles. The molecule has 1 aromatic heterocycles. The molecule has 6 heteroatoms. The Morgan fingerprint density at radius 2 is 2.03 bits per heavy atom. The molecular weight excluding hydrogens is 410 g/mol. The number of ether oxygens (including phenoxy) is 1. The first-order valence-corrected chi connectivity index (χ1v) is 12.4. The number of hydrogen-bond donors (Lipinski definition) is 0. The van der Waals surface area contributed by atoms with Crippen LogP contribution < -0.4 is 0 Å². The summed E-state index contributed by atoms with van der Waals surface area (Å²) in [5.41, 5.74) is 4.52. The van der Waals surface area contributed by atoms with Crippen LogP contribution >= 0.6 is 23.5 Å². The highest BCUT2D eigenvalue weighted by molar-refractivity contribution is 8.00. The van der Waals surface area contributed by atoms with Crippen LogP contribution in [0.2, 0.25) is 0 Å². The quantitative estimate of drug-likeness (QED) is 0.365. The van der Waals surface area contributed by atoms with Crippen molar-refractivity contribution in [3.8, 4) is 0 Å². The summed E-state index contributed by atoms with van der Waals surface area (Å²) in [6.07, 6.45) is 3.99. The summed E-state index contributed by atoms with van der Waals surface area (Å²) in [6.45, 7) is 9.37. The molecule has 4 heterocycles. The molecule has 2 aromatic rings. The van der Waals surface area contributed by atoms with E-state index in [-0.39, 0.29) is 17.1 Å². The highest BCUT2D eigenvalue weighted by Gasteiger charge is 2.64. The predicted molar refractivity (Wildman–Crippen MR) is 125 cm³/mol. The smallest absolute Gasteiger partial charge is 0.134 e. The number of benzene rings is 1. The van der Waals surface area contributed by atoms with Crippen molar-refractivity contribution in [2.75, 3.05) is 18.1 Å². The van der Waals surface area contributed by atoms with Crippen molar-refractivity contribution < 1.29 is 4.74 Å². The van der Waals surface area contributed by atoms with Crippen LogP contribution in [0.3, 0.4) is 0 Å². The van der Waals surface area contributed by atoms with Crippen LogP contribution in [0.25, 0.3) is 0 Å². The van der Waals surface area contributed by atoms with E-state index < -0.39 is 0 Å². The fraction of sp³-hybridized carbons (Fsp3) is 0.458. The molecule has 5 rings (SSSR count). The Bertz CT molecular complexity index is 1030. The minimum atomic E-state index is -0.284. The fourth-order valence-electron chi connectivity index (χ4n) is 4.68. The third kappa shape index (κ3) is 3.33. The highest BCUT2D eigenvalue weighted by Crippen LogP contribution is 2.60. The van der Waals surface area contributed by atoms with E-state index >= 15 is 0 Å². The average molecular weight is 438 g/mol. The van der Waals surface area contributed by atoms with Gasteiger partial charge in [0.05, 0.1) is 17.9 Å². The Morgan fingerprint density at radius 3 is 2.80 bits per heavy atom. The van der Waals surface area contributed by atoms with E-state index in [0.717, 1.165) is 21.6 Å². The molecule has 3 aliphatic rings. The summed E-state index contributed by atoms with van der Waals surface area (Å²) in [7, 11) is 0. The van der Waals surface area contributed by atoms with Crippen LogP contribution in [0, 0.1) is 5.92 Å². The number of aliphatic imine (C=N–C) groups is 1. The molecule has 0 radical (unpaired) electrons. The molecule has 30 heavy (non-hydrogen) atoms. The summed E-state index contributed by atoms with van der Waals surface area (Å²) in [6, 6.07) is 10.5. The molecule has 3 atom stereocenters. The standard InChI is InChI=1S/C24H27N3OS2/c1-15(2)10-11-29-21-18-19-17(12-30-22(18)26-14-25-21)23(3,4)28-13-24(19)20(27-24)16-8-6-5-7-9-16/h5-10,14,17,19H,11-13H2,1-4H3/t17-,19-,24+/m1/s1. The van der Waals surface area contributed by atoms with Gasteiger partial charge in [0.2, 0.25) is 0 Å². The SMILES string of the molecule is CC(C)=CCSc1ncnc2c1[C@H]1[C@@H](CS2)C(C)(C)OC[C@]12N=C2c1ccccc1. The third-order valence-corrected chi connectivity index (χ3v) is 8.48. The van der Waals surface area contributed by atoms with Crippen LogP contribution in [-0.4, -0.2) is 44.9 Å². The maximum absolute atomic E-state index is 6.45. The molecule has 1 spiro atoms. The van der Waals surface area contributed by atoms with Gasteiger partial charge in [-0.25, -0.2) is 9.97 Å². The summed E-state index contributed by atoms with van der Waals surface area (Å²) >= 11 is 3.66. The van der Waals surface area contributed by atoms with Crippen molar-refractivity contribution in [2.24, 2.45) is 10.9 Å². The van der Waals surface area contributed by atoms with E-state index in [9.17, 15) is 0 Å². The van der Waals surface area contributed by atoms with Gasteiger partial charge < -0.3 is 4.74 Å². The number of nitrogens with zero attached hydrogens (tertiary/aromatic N) is 3. The zero-order valence-corrected chi connectivity index (χ0v) is 19.5. The Labute approximate surface area is 187 Å². The lowest BCUT2D eigenvalue weighted by molar-refractivity contribution is -0.110. The first-order chi connectivity index (χ1) is 14.4. The largest absolute Gasteiger partial charge is 0.372 e. The van der Waals surface area contributed by atoms with Crippen LogP contribution in [0.15, 0.2) is 63.4 Å². The van der Waals surface area contributed by atoms with Crippen LogP contribution in [-0.2, 0) is 4.74 Å². The lowest BCUT2D eigenvalue weighted by atomic mass is 9.67. The molecule has 0 unspecified atom stereocenters. The van der Waals surface area contributed by atoms with Crippen molar-refractivity contribution in [3.05, 3.63) is 59.4 Å². The third-order valence-electron chi connectivity index (χ3n) is 6.43. The van der Waals surface area contributed by atoms with Crippen LogP contribution in [0.1, 0.15) is 44.7 Å². The molecule has 0 saturated carbocycles. The van der Waals surface area contributed by atoms with Gasteiger partial charge in [0, 0.05) is 28.9 Å². The monoisotopic (exact) mass is 437 g/mol. The number of allylic oxidation sites excluding steroid dienone is 1. The van der Waals surface area contributed by atoms with E-state index in [4.69, 9.17) is 14.7 Å². The van der Waals surface area contributed by atoms with E-state index in [1.165, 1.54) is 22.4 Å². The van der Waals surface area contributed by atoms with E-state index in [0.29, 0.717) is 12.5 Å². The molecule has 1 saturated heterocycles. The Balaban J connectivity index is 1.58. The molecule has 0 amide bonds. The second-order valence-corrected chi connectivity index (χ2v) is 11.0. The van der Waals surface area contributed by atoms with Crippen molar-refractivity contribution in [1.29, 1.82) is 0 Å². The van der Waals surface area contributed by atoms with Gasteiger partial charge in [0.1, 0.15) is 21.9 Å². The molecule has 4 nitrogen and oxygen atoms in total. The number of hydrogen-bond acceptors (Lipinski definition) is 6. The summed E-state index contributed by atoms with van der Waals surface area (Å²) < 4.78 is 6.45. The number of fused-ring (bicyclic) bond motifs is 4. The van der Waals surface area contributed by atoms with E-state index in [1.54, 1.807) is 6.33 Å². The van der Waals surface area contributed by atoms with E-state index in [1.807, 2.05) is 23.5 Å². The van der Waals surface area contributed by atoms with Crippen molar-refractivity contribution in [1.82, 2.24) is 9.97 Å². The summed E-state index contributed by atoms with van der Waals surface area (Å²) in [4.78, 5) is 14.5. The maximum atomic E-state index is 6.45. The minimum Gasteiger partial charge on any atom is -0.372 e. The van der Waals surface area contributed by atoms with Gasteiger partial charge in [0.15, 0.2) is 0 Å². The van der Waals surface area contributed by atoms with Gasteiger partial charge in [-0.3, -0.25) is 4.99 Å². The van der Waals surface area contributed by atoms with Crippen molar-refractivity contribution in [2.45, 2.75) is 54.8 Å². The topological polar surface area (TPSA) is 47.4 Å². The Hall–Kier alpha value is -1.63. The van der Waals surface area contributed by atoms with Crippen LogP contribution in [0.5, 0.6) is 0 Å². The lowest BCUT2D eigenvalue weighted by Crippen LogP contribution is -2.55. The number of aromatic nitrogens is 2. The normalized spacial score (nSPS) is 28.3. The van der Waals surface area contributed by atoms with E-state index in [2.05, 4.69) is 69.1 Å². The molecule has 156 valence electrons. The zero-order valence-electron chi connectivity index (χ0n) is 17.9. The lowest BCUT2D eigenvalue weighted by Gasteiger charge is -2.50. The van der Waals surface area contributed by atoms with Gasteiger partial charge in [-0.15, -0.1) is 23.5 Å². The molecule has 3 aliphatic heterocycles. The van der Waals surface area contributed by atoms with Gasteiger partial charge >= 0.3 is 0 Å².